The molecule has 4 fully saturated rings. The van der Waals surface area contributed by atoms with E-state index in [0.29, 0.717) is 31.1 Å². The molecule has 0 unspecified atom stereocenters. The number of H-pyrrole nitrogens is 1. The molecule has 38 heavy (non-hydrogen) atoms. The van der Waals surface area contributed by atoms with Crippen molar-refractivity contribution in [2.24, 2.45) is 5.92 Å². The van der Waals surface area contributed by atoms with E-state index in [1.165, 1.54) is 19.6 Å². The molecule has 2 aromatic rings. The summed E-state index contributed by atoms with van der Waals surface area (Å²) in [7, 11) is 1.46. The summed E-state index contributed by atoms with van der Waals surface area (Å²) in [5.41, 5.74) is 0.572. The molecule has 3 atom stereocenters. The van der Waals surface area contributed by atoms with E-state index in [1.807, 2.05) is 4.90 Å². The van der Waals surface area contributed by atoms with E-state index in [1.54, 1.807) is 6.07 Å². The number of aromatic amines is 1. The maximum absolute atomic E-state index is 14.4. The number of piperidine rings is 1. The van der Waals surface area contributed by atoms with Crippen LogP contribution >= 0.6 is 0 Å². The van der Waals surface area contributed by atoms with Crippen LogP contribution in [0.15, 0.2) is 18.3 Å². The third-order valence-electron chi connectivity index (χ3n) is 8.69. The van der Waals surface area contributed by atoms with Crippen LogP contribution < -0.4 is 10.1 Å². The van der Waals surface area contributed by atoms with Gasteiger partial charge in [-0.25, -0.2) is 9.37 Å². The summed E-state index contributed by atoms with van der Waals surface area (Å²) in [6, 6.07) is 3.68. The molecule has 2 aromatic heterocycles. The highest BCUT2D eigenvalue weighted by atomic mass is 19.1. The maximum atomic E-state index is 14.4. The Morgan fingerprint density at radius 3 is 2.87 bits per heavy atom. The number of ether oxygens (including phenoxy) is 2. The van der Waals surface area contributed by atoms with E-state index in [0.717, 1.165) is 58.2 Å². The Hall–Kier alpha value is -3.05. The SMILES string of the molecule is COc1cc(-c2cc(C(=O)N3CC[C@H](C(=O)N[C@H]4CCN([C@@H]5CCCOC5)C4)CC34CC4)n[nH]2)c(F)cn1. The van der Waals surface area contributed by atoms with Crippen molar-refractivity contribution in [2.45, 2.75) is 62.6 Å². The first-order chi connectivity index (χ1) is 18.5. The van der Waals surface area contributed by atoms with Gasteiger partial charge in [0.05, 0.1) is 25.6 Å². The molecule has 3 saturated heterocycles. The second-order valence-electron chi connectivity index (χ2n) is 11.1. The highest BCUT2D eigenvalue weighted by Gasteiger charge is 2.55. The van der Waals surface area contributed by atoms with Crippen LogP contribution in [0, 0.1) is 11.7 Å². The Balaban J connectivity index is 1.07. The van der Waals surface area contributed by atoms with Crippen LogP contribution in [-0.4, -0.2) is 94.4 Å². The summed E-state index contributed by atoms with van der Waals surface area (Å²) < 4.78 is 25.1. The summed E-state index contributed by atoms with van der Waals surface area (Å²) >= 11 is 0. The summed E-state index contributed by atoms with van der Waals surface area (Å²) in [4.78, 5) is 34.9. The molecule has 1 saturated carbocycles. The zero-order chi connectivity index (χ0) is 26.3. The molecule has 0 bridgehead atoms. The number of amides is 2. The molecule has 4 aliphatic rings. The molecule has 5 heterocycles. The van der Waals surface area contributed by atoms with Gasteiger partial charge in [-0.05, 0) is 51.0 Å². The minimum Gasteiger partial charge on any atom is -0.481 e. The molecule has 1 aliphatic carbocycles. The lowest BCUT2D eigenvalue weighted by atomic mass is 9.87. The van der Waals surface area contributed by atoms with E-state index in [4.69, 9.17) is 9.47 Å². The predicted octanol–water partition coefficient (Wildman–Crippen LogP) is 2.37. The molecule has 10 nitrogen and oxygen atoms in total. The number of nitrogens with zero attached hydrogens (tertiary/aromatic N) is 4. The topological polar surface area (TPSA) is 113 Å². The first kappa shape index (κ1) is 25.2. The van der Waals surface area contributed by atoms with E-state index in [2.05, 4.69) is 25.4 Å². The molecule has 3 aliphatic heterocycles. The smallest absolute Gasteiger partial charge is 0.274 e. The monoisotopic (exact) mass is 526 g/mol. The normalized spacial score (nSPS) is 26.9. The molecular formula is C27H35FN6O4. The molecule has 204 valence electrons. The lowest BCUT2D eigenvalue weighted by Gasteiger charge is -2.39. The largest absolute Gasteiger partial charge is 0.481 e. The quantitative estimate of drug-likeness (QED) is 0.594. The number of carbonyl (C=O) groups is 2. The number of hydrogen-bond acceptors (Lipinski definition) is 7. The highest BCUT2D eigenvalue weighted by Crippen LogP contribution is 2.50. The van der Waals surface area contributed by atoms with Crippen molar-refractivity contribution in [3.63, 3.8) is 0 Å². The van der Waals surface area contributed by atoms with Crippen LogP contribution in [-0.2, 0) is 9.53 Å². The molecule has 1 spiro atoms. The Morgan fingerprint density at radius 2 is 2.11 bits per heavy atom. The summed E-state index contributed by atoms with van der Waals surface area (Å²) in [5, 5.41) is 10.3. The van der Waals surface area contributed by atoms with Gasteiger partial charge in [-0.3, -0.25) is 19.6 Å². The summed E-state index contributed by atoms with van der Waals surface area (Å²) in [6.45, 7) is 4.03. The fourth-order valence-corrected chi connectivity index (χ4v) is 6.36. The Morgan fingerprint density at radius 1 is 1.24 bits per heavy atom. The van der Waals surface area contributed by atoms with Crippen molar-refractivity contribution in [2.75, 3.05) is 40.0 Å². The molecule has 6 rings (SSSR count). The molecule has 11 heteroatoms. The number of hydrogen-bond donors (Lipinski definition) is 2. The zero-order valence-corrected chi connectivity index (χ0v) is 21.7. The van der Waals surface area contributed by atoms with Crippen molar-refractivity contribution in [3.05, 3.63) is 29.8 Å². The second-order valence-corrected chi connectivity index (χ2v) is 11.1. The summed E-state index contributed by atoms with van der Waals surface area (Å²) in [6.07, 6.45) is 7.38. The molecule has 0 radical (unpaired) electrons. The van der Waals surface area contributed by atoms with Crippen LogP contribution in [0.2, 0.25) is 0 Å². The number of methoxy groups -OCH3 is 1. The Bertz CT molecular complexity index is 1190. The number of nitrogens with one attached hydrogen (secondary N) is 2. The number of rotatable bonds is 6. The highest BCUT2D eigenvalue weighted by molar-refractivity contribution is 5.94. The van der Waals surface area contributed by atoms with Gasteiger partial charge in [0, 0.05) is 61.4 Å². The van der Waals surface area contributed by atoms with Gasteiger partial charge >= 0.3 is 0 Å². The van der Waals surface area contributed by atoms with Gasteiger partial charge in [-0.15, -0.1) is 0 Å². The van der Waals surface area contributed by atoms with Gasteiger partial charge in [-0.1, -0.05) is 0 Å². The predicted molar refractivity (Wildman–Crippen MR) is 136 cm³/mol. The minimum atomic E-state index is -0.531. The molecular weight excluding hydrogens is 491 g/mol. The minimum absolute atomic E-state index is 0.0956. The van der Waals surface area contributed by atoms with Gasteiger partial charge < -0.3 is 19.7 Å². The number of pyridine rings is 1. The van der Waals surface area contributed by atoms with E-state index in [-0.39, 0.29) is 46.5 Å². The van der Waals surface area contributed by atoms with Crippen LogP contribution in [0.4, 0.5) is 4.39 Å². The van der Waals surface area contributed by atoms with Crippen molar-refractivity contribution in [1.29, 1.82) is 0 Å². The molecule has 0 aromatic carbocycles. The third-order valence-corrected chi connectivity index (χ3v) is 8.69. The second kappa shape index (κ2) is 10.3. The number of halogens is 1. The van der Waals surface area contributed by atoms with Crippen LogP contribution in [0.25, 0.3) is 11.3 Å². The molecule has 2 N–H and O–H groups in total. The van der Waals surface area contributed by atoms with Crippen molar-refractivity contribution >= 4 is 11.8 Å². The number of carbonyl (C=O) groups excluding carboxylic acids is 2. The van der Waals surface area contributed by atoms with Gasteiger partial charge in [0.1, 0.15) is 0 Å². The maximum Gasteiger partial charge on any atom is 0.274 e. The fourth-order valence-electron chi connectivity index (χ4n) is 6.36. The average molecular weight is 527 g/mol. The number of aromatic nitrogens is 3. The van der Waals surface area contributed by atoms with Crippen molar-refractivity contribution in [3.8, 4) is 17.1 Å². The van der Waals surface area contributed by atoms with Gasteiger partial charge in [0.2, 0.25) is 11.8 Å². The fraction of sp³-hybridized carbons (Fsp3) is 0.630. The van der Waals surface area contributed by atoms with Crippen molar-refractivity contribution in [1.82, 2.24) is 30.3 Å². The van der Waals surface area contributed by atoms with E-state index < -0.39 is 5.82 Å². The van der Waals surface area contributed by atoms with Crippen LogP contribution in [0.1, 0.15) is 55.4 Å². The first-order valence-electron chi connectivity index (χ1n) is 13.7. The standard InChI is InChI=1S/C27H35FN6O4/c1-37-24-11-20(21(28)14-29-24)22-12-23(32-31-22)26(36)34-9-4-17(13-27(34)6-7-27)25(35)30-18-5-8-33(15-18)19-3-2-10-38-16-19/h11-12,14,17-19H,2-10,13,15-16H2,1H3,(H,30,35)(H,31,32)/t17-,18-,19+/m0/s1. The van der Waals surface area contributed by atoms with Crippen LogP contribution in [0.5, 0.6) is 5.88 Å². The lowest BCUT2D eigenvalue weighted by molar-refractivity contribution is -0.127. The lowest BCUT2D eigenvalue weighted by Crippen LogP contribution is -2.52. The summed E-state index contributed by atoms with van der Waals surface area (Å²) in [5.74, 6) is -0.432. The molecule has 2 amide bonds. The van der Waals surface area contributed by atoms with Gasteiger partial charge in [0.25, 0.3) is 5.91 Å². The van der Waals surface area contributed by atoms with E-state index >= 15 is 0 Å². The number of likely N-dealkylation sites (tertiary alicyclic amines) is 2. The van der Waals surface area contributed by atoms with Gasteiger partial charge in [-0.2, -0.15) is 5.10 Å². The van der Waals surface area contributed by atoms with E-state index in [9.17, 15) is 14.0 Å². The first-order valence-corrected chi connectivity index (χ1v) is 13.7. The van der Waals surface area contributed by atoms with Crippen LogP contribution in [0.3, 0.4) is 0 Å². The Labute approximate surface area is 221 Å². The van der Waals surface area contributed by atoms with Crippen molar-refractivity contribution < 1.29 is 23.5 Å². The average Bonchev–Trinajstić information content (AvgIpc) is 3.31. The van der Waals surface area contributed by atoms with Gasteiger partial charge in [0.15, 0.2) is 11.5 Å². The Kier molecular flexibility index (Phi) is 6.81. The third kappa shape index (κ3) is 4.89. The zero-order valence-electron chi connectivity index (χ0n) is 21.7.